The van der Waals surface area contributed by atoms with Crippen LogP contribution in [-0.4, -0.2) is 52.9 Å². The number of urea groups is 1. The number of carbonyl (C=O) groups is 2. The number of piperidine rings is 1. The highest BCUT2D eigenvalue weighted by Crippen LogP contribution is 2.42. The van der Waals surface area contributed by atoms with E-state index in [1.807, 2.05) is 55.5 Å². The number of benzene rings is 3. The van der Waals surface area contributed by atoms with E-state index in [-0.39, 0.29) is 29.4 Å². The number of rotatable bonds is 8. The second kappa shape index (κ2) is 13.1. The molecule has 3 amide bonds. The van der Waals surface area contributed by atoms with Gasteiger partial charge in [-0.3, -0.25) is 10.1 Å². The number of hydrogen-bond donors (Lipinski definition) is 2. The number of carbonyl (C=O) groups excluding carboxylic acids is 2. The molecule has 2 aliphatic heterocycles. The molecule has 6 rings (SSSR count). The number of aromatic nitrogens is 2. The van der Waals surface area contributed by atoms with Gasteiger partial charge in [-0.25, -0.2) is 9.48 Å². The molecule has 2 fully saturated rings. The summed E-state index contributed by atoms with van der Waals surface area (Å²) in [5.41, 5.74) is 5.24. The largest absolute Gasteiger partial charge is 0.497 e. The molecule has 0 spiro atoms. The Hall–Kier alpha value is -4.79. The van der Waals surface area contributed by atoms with Gasteiger partial charge in [0.2, 0.25) is 0 Å². The van der Waals surface area contributed by atoms with E-state index in [0.717, 1.165) is 54.7 Å². The molecule has 3 aromatic carbocycles. The molecule has 2 unspecified atom stereocenters. The standard InChI is InChI=1S/C38H45N5O4/c1-24-10-12-28(13-11-24)43-35(23-34(41-43)38(2,3)4)40-37(45)39-27-9-7-8-25(19-27)18-26-20-29-14-15-30(21-26)42(29)36(44)32-17-16-31(46-5)22-33(32)47-6/h7-13,16-17,19,22-23,26,29-30H,14-15,18,20-21H2,1-6H3,(H2,39,40,45). The Bertz CT molecular complexity index is 1740. The minimum Gasteiger partial charge on any atom is -0.497 e. The van der Waals surface area contributed by atoms with Crippen LogP contribution in [0.1, 0.15) is 73.6 Å². The van der Waals surface area contributed by atoms with E-state index in [2.05, 4.69) is 48.4 Å². The highest BCUT2D eigenvalue weighted by atomic mass is 16.5. The van der Waals surface area contributed by atoms with Crippen molar-refractivity contribution < 1.29 is 19.1 Å². The Morgan fingerprint density at radius 1 is 0.894 bits per heavy atom. The van der Waals surface area contributed by atoms with Gasteiger partial charge in [0.05, 0.1) is 31.2 Å². The maximum atomic E-state index is 13.7. The predicted molar refractivity (Wildman–Crippen MR) is 185 cm³/mol. The van der Waals surface area contributed by atoms with Crippen LogP contribution in [0, 0.1) is 12.8 Å². The summed E-state index contributed by atoms with van der Waals surface area (Å²) in [5.74, 6) is 2.30. The molecule has 0 aliphatic carbocycles. The van der Waals surface area contributed by atoms with E-state index in [1.54, 1.807) is 31.0 Å². The molecule has 47 heavy (non-hydrogen) atoms. The Kier molecular flexibility index (Phi) is 8.99. The van der Waals surface area contributed by atoms with Gasteiger partial charge in [0, 0.05) is 35.3 Å². The van der Waals surface area contributed by atoms with Crippen LogP contribution >= 0.6 is 0 Å². The second-order valence-electron chi connectivity index (χ2n) is 13.9. The van der Waals surface area contributed by atoms with Gasteiger partial charge in [0.15, 0.2) is 0 Å². The summed E-state index contributed by atoms with van der Waals surface area (Å²) in [6.07, 6.45) is 4.84. The second-order valence-corrected chi connectivity index (χ2v) is 13.9. The minimum atomic E-state index is -0.324. The lowest BCUT2D eigenvalue weighted by Gasteiger charge is -2.39. The van der Waals surface area contributed by atoms with Crippen LogP contribution in [-0.2, 0) is 11.8 Å². The average Bonchev–Trinajstić information content (AvgIpc) is 3.59. The summed E-state index contributed by atoms with van der Waals surface area (Å²) in [4.78, 5) is 29.1. The van der Waals surface area contributed by atoms with Gasteiger partial charge in [-0.2, -0.15) is 5.10 Å². The SMILES string of the molecule is COc1ccc(C(=O)N2C3CCC2CC(Cc2cccc(NC(=O)Nc4cc(C(C)(C)C)nn4-c4ccc(C)cc4)c2)C3)c(OC)c1. The van der Waals surface area contributed by atoms with E-state index in [4.69, 9.17) is 14.6 Å². The lowest BCUT2D eigenvalue weighted by Crippen LogP contribution is -2.47. The Morgan fingerprint density at radius 2 is 1.62 bits per heavy atom. The van der Waals surface area contributed by atoms with Crippen molar-refractivity contribution in [2.45, 2.75) is 77.3 Å². The molecule has 4 aromatic rings. The van der Waals surface area contributed by atoms with Gasteiger partial charge in [-0.05, 0) is 86.9 Å². The summed E-state index contributed by atoms with van der Waals surface area (Å²) >= 11 is 0. The van der Waals surface area contributed by atoms with Crippen LogP contribution in [0.2, 0.25) is 0 Å². The molecular formula is C38H45N5O4. The van der Waals surface area contributed by atoms with E-state index >= 15 is 0 Å². The molecule has 2 aliphatic rings. The number of fused-ring (bicyclic) bond motifs is 2. The molecule has 9 nitrogen and oxygen atoms in total. The number of anilines is 2. The molecule has 2 N–H and O–H groups in total. The summed E-state index contributed by atoms with van der Waals surface area (Å²) in [6, 6.07) is 23.6. The van der Waals surface area contributed by atoms with Gasteiger partial charge >= 0.3 is 6.03 Å². The number of nitrogens with zero attached hydrogens (tertiary/aromatic N) is 3. The number of ether oxygens (including phenoxy) is 2. The topological polar surface area (TPSA) is 97.7 Å². The highest BCUT2D eigenvalue weighted by Gasteiger charge is 2.43. The molecule has 0 radical (unpaired) electrons. The molecule has 2 bridgehead atoms. The third-order valence-electron chi connectivity index (χ3n) is 9.41. The van der Waals surface area contributed by atoms with Crippen molar-refractivity contribution in [2.24, 2.45) is 5.92 Å². The number of methoxy groups -OCH3 is 2. The monoisotopic (exact) mass is 635 g/mol. The van der Waals surface area contributed by atoms with E-state index in [9.17, 15) is 9.59 Å². The fourth-order valence-corrected chi connectivity index (χ4v) is 7.01. The molecule has 0 saturated carbocycles. The summed E-state index contributed by atoms with van der Waals surface area (Å²) in [5, 5.41) is 10.9. The molecular weight excluding hydrogens is 590 g/mol. The van der Waals surface area contributed by atoms with Crippen LogP contribution in [0.3, 0.4) is 0 Å². The van der Waals surface area contributed by atoms with Crippen molar-refractivity contribution in [1.82, 2.24) is 14.7 Å². The minimum absolute atomic E-state index is 0.0333. The van der Waals surface area contributed by atoms with Crippen LogP contribution in [0.25, 0.3) is 5.69 Å². The first-order valence-corrected chi connectivity index (χ1v) is 16.4. The highest BCUT2D eigenvalue weighted by molar-refractivity contribution is 5.99. The van der Waals surface area contributed by atoms with Gasteiger partial charge in [0.1, 0.15) is 17.3 Å². The van der Waals surface area contributed by atoms with Gasteiger partial charge in [-0.15, -0.1) is 0 Å². The van der Waals surface area contributed by atoms with Crippen molar-refractivity contribution in [3.8, 4) is 17.2 Å². The van der Waals surface area contributed by atoms with Crippen LogP contribution in [0.5, 0.6) is 11.5 Å². The lowest BCUT2D eigenvalue weighted by molar-refractivity contribution is 0.0521. The first-order valence-electron chi connectivity index (χ1n) is 16.4. The molecule has 2 saturated heterocycles. The summed E-state index contributed by atoms with van der Waals surface area (Å²) in [6.45, 7) is 8.37. The van der Waals surface area contributed by atoms with Gasteiger partial charge < -0.3 is 19.7 Å². The fraction of sp³-hybridized carbons (Fsp3) is 0.395. The molecule has 3 heterocycles. The zero-order valence-electron chi connectivity index (χ0n) is 28.2. The van der Waals surface area contributed by atoms with Crippen LogP contribution < -0.4 is 20.1 Å². The number of aryl methyl sites for hydroxylation is 1. The number of amides is 3. The smallest absolute Gasteiger partial charge is 0.324 e. The van der Waals surface area contributed by atoms with E-state index in [1.165, 1.54) is 5.56 Å². The Balaban J connectivity index is 1.11. The quantitative estimate of drug-likeness (QED) is 0.206. The maximum absolute atomic E-state index is 13.7. The zero-order valence-corrected chi connectivity index (χ0v) is 28.2. The van der Waals surface area contributed by atoms with Gasteiger partial charge in [0.25, 0.3) is 5.91 Å². The third-order valence-corrected chi connectivity index (χ3v) is 9.41. The van der Waals surface area contributed by atoms with Crippen LogP contribution in [0.15, 0.2) is 72.8 Å². The normalized spacial score (nSPS) is 18.9. The van der Waals surface area contributed by atoms with Crippen molar-refractivity contribution in [3.63, 3.8) is 0 Å². The first-order chi connectivity index (χ1) is 22.5. The third kappa shape index (κ3) is 6.99. The summed E-state index contributed by atoms with van der Waals surface area (Å²) < 4.78 is 12.6. The van der Waals surface area contributed by atoms with Crippen LogP contribution in [0.4, 0.5) is 16.3 Å². The average molecular weight is 636 g/mol. The van der Waals surface area contributed by atoms with E-state index < -0.39 is 0 Å². The number of nitrogens with one attached hydrogen (secondary N) is 2. The fourth-order valence-electron chi connectivity index (χ4n) is 7.01. The molecule has 246 valence electrons. The molecule has 2 atom stereocenters. The first kappa shape index (κ1) is 32.2. The Labute approximate surface area is 277 Å². The molecule has 9 heteroatoms. The van der Waals surface area contributed by atoms with Crippen molar-refractivity contribution >= 4 is 23.4 Å². The zero-order chi connectivity index (χ0) is 33.3. The van der Waals surface area contributed by atoms with Crippen molar-refractivity contribution in [2.75, 3.05) is 24.9 Å². The predicted octanol–water partition coefficient (Wildman–Crippen LogP) is 7.77. The summed E-state index contributed by atoms with van der Waals surface area (Å²) in [7, 11) is 3.19. The molecule has 1 aromatic heterocycles. The number of hydrogen-bond acceptors (Lipinski definition) is 5. The van der Waals surface area contributed by atoms with Crippen molar-refractivity contribution in [1.29, 1.82) is 0 Å². The maximum Gasteiger partial charge on any atom is 0.324 e. The lowest BCUT2D eigenvalue weighted by atomic mass is 9.85. The van der Waals surface area contributed by atoms with E-state index in [0.29, 0.717) is 28.8 Å². The van der Waals surface area contributed by atoms with Crippen molar-refractivity contribution in [3.05, 3.63) is 95.2 Å². The van der Waals surface area contributed by atoms with Gasteiger partial charge in [-0.1, -0.05) is 50.6 Å². The Morgan fingerprint density at radius 3 is 2.28 bits per heavy atom.